The van der Waals surface area contributed by atoms with E-state index < -0.39 is 11.6 Å². The molecule has 0 atom stereocenters. The lowest BCUT2D eigenvalue weighted by Crippen LogP contribution is -2.36. The fourth-order valence-electron chi connectivity index (χ4n) is 3.97. The summed E-state index contributed by atoms with van der Waals surface area (Å²) in [6, 6.07) is 4.70. The standard InChI is InChI=1S/C17H23F2N/c18-15-4-3-13(11-16(15)19)12-20-14-5-9-17(10-6-14)7-1-2-8-17/h3-4,11,14,20H,1-2,5-10,12H2. The summed E-state index contributed by atoms with van der Waals surface area (Å²) in [6.45, 7) is 0.634. The van der Waals surface area contributed by atoms with E-state index >= 15 is 0 Å². The van der Waals surface area contributed by atoms with Crippen molar-refractivity contribution in [3.8, 4) is 0 Å². The molecule has 1 nitrogen and oxygen atoms in total. The molecule has 1 aromatic carbocycles. The molecule has 0 amide bonds. The van der Waals surface area contributed by atoms with Gasteiger partial charge in [-0.25, -0.2) is 8.78 Å². The third kappa shape index (κ3) is 3.03. The first-order chi connectivity index (χ1) is 9.67. The lowest BCUT2D eigenvalue weighted by atomic mass is 9.71. The second-order valence-corrected chi connectivity index (χ2v) is 6.61. The Balaban J connectivity index is 1.49. The van der Waals surface area contributed by atoms with Gasteiger partial charge in [0.2, 0.25) is 0 Å². The van der Waals surface area contributed by atoms with E-state index in [1.807, 2.05) is 0 Å². The van der Waals surface area contributed by atoms with Gasteiger partial charge in [0.05, 0.1) is 0 Å². The molecule has 2 saturated carbocycles. The number of rotatable bonds is 3. The average Bonchev–Trinajstić information content (AvgIpc) is 2.90. The molecule has 3 rings (SSSR count). The maximum atomic E-state index is 13.1. The van der Waals surface area contributed by atoms with E-state index in [0.29, 0.717) is 18.0 Å². The molecule has 1 aromatic rings. The largest absolute Gasteiger partial charge is 0.310 e. The summed E-state index contributed by atoms with van der Waals surface area (Å²) in [5.74, 6) is -1.52. The quantitative estimate of drug-likeness (QED) is 0.855. The van der Waals surface area contributed by atoms with E-state index in [4.69, 9.17) is 0 Å². The van der Waals surface area contributed by atoms with Gasteiger partial charge in [0, 0.05) is 12.6 Å². The number of halogens is 2. The van der Waals surface area contributed by atoms with Crippen molar-refractivity contribution in [3.63, 3.8) is 0 Å². The Labute approximate surface area is 119 Å². The number of nitrogens with one attached hydrogen (secondary N) is 1. The summed E-state index contributed by atoms with van der Waals surface area (Å²) in [7, 11) is 0. The monoisotopic (exact) mass is 279 g/mol. The molecule has 0 heterocycles. The lowest BCUT2D eigenvalue weighted by Gasteiger charge is -2.37. The highest BCUT2D eigenvalue weighted by Gasteiger charge is 2.37. The Morgan fingerprint density at radius 3 is 2.35 bits per heavy atom. The van der Waals surface area contributed by atoms with E-state index in [1.54, 1.807) is 6.07 Å². The van der Waals surface area contributed by atoms with Crippen LogP contribution >= 0.6 is 0 Å². The van der Waals surface area contributed by atoms with Crippen LogP contribution in [0.2, 0.25) is 0 Å². The molecular formula is C17H23F2N. The third-order valence-corrected chi connectivity index (χ3v) is 5.29. The van der Waals surface area contributed by atoms with Gasteiger partial charge >= 0.3 is 0 Å². The predicted molar refractivity (Wildman–Crippen MR) is 76.4 cm³/mol. The van der Waals surface area contributed by atoms with Crippen molar-refractivity contribution in [3.05, 3.63) is 35.4 Å². The molecule has 3 heteroatoms. The summed E-state index contributed by atoms with van der Waals surface area (Å²) in [5, 5.41) is 3.50. The molecule has 0 bridgehead atoms. The summed E-state index contributed by atoms with van der Waals surface area (Å²) in [5.41, 5.74) is 1.48. The van der Waals surface area contributed by atoms with Gasteiger partial charge in [-0.2, -0.15) is 0 Å². The Morgan fingerprint density at radius 1 is 1.00 bits per heavy atom. The van der Waals surface area contributed by atoms with Crippen LogP contribution in [0.4, 0.5) is 8.78 Å². The first-order valence-corrected chi connectivity index (χ1v) is 7.84. The first kappa shape index (κ1) is 14.0. The fourth-order valence-corrected chi connectivity index (χ4v) is 3.97. The number of hydrogen-bond acceptors (Lipinski definition) is 1. The van der Waals surface area contributed by atoms with Crippen LogP contribution < -0.4 is 5.32 Å². The molecule has 0 aromatic heterocycles. The van der Waals surface area contributed by atoms with Gasteiger partial charge in [0.1, 0.15) is 0 Å². The molecule has 0 saturated heterocycles. The van der Waals surface area contributed by atoms with Gasteiger partial charge in [-0.3, -0.25) is 0 Å². The Kier molecular flexibility index (Phi) is 4.06. The number of hydrogen-bond donors (Lipinski definition) is 1. The molecule has 2 aliphatic carbocycles. The van der Waals surface area contributed by atoms with Gasteiger partial charge in [0.15, 0.2) is 11.6 Å². The van der Waals surface area contributed by atoms with E-state index in [-0.39, 0.29) is 0 Å². The number of benzene rings is 1. The lowest BCUT2D eigenvalue weighted by molar-refractivity contribution is 0.168. The van der Waals surface area contributed by atoms with Gasteiger partial charge in [-0.05, 0) is 61.6 Å². The van der Waals surface area contributed by atoms with E-state index in [1.165, 1.54) is 63.5 Å². The van der Waals surface area contributed by atoms with Crippen LogP contribution in [0.1, 0.15) is 56.9 Å². The second kappa shape index (κ2) is 5.80. The summed E-state index contributed by atoms with van der Waals surface area (Å²) in [6.07, 6.45) is 10.8. The average molecular weight is 279 g/mol. The molecule has 1 N–H and O–H groups in total. The molecule has 110 valence electrons. The van der Waals surface area contributed by atoms with Crippen LogP contribution in [0.5, 0.6) is 0 Å². The van der Waals surface area contributed by atoms with Crippen molar-refractivity contribution in [2.45, 2.75) is 64.0 Å². The van der Waals surface area contributed by atoms with E-state index in [9.17, 15) is 8.78 Å². The van der Waals surface area contributed by atoms with Gasteiger partial charge in [0.25, 0.3) is 0 Å². The third-order valence-electron chi connectivity index (χ3n) is 5.29. The second-order valence-electron chi connectivity index (χ2n) is 6.61. The zero-order valence-corrected chi connectivity index (χ0v) is 11.9. The van der Waals surface area contributed by atoms with Crippen molar-refractivity contribution in [2.75, 3.05) is 0 Å². The van der Waals surface area contributed by atoms with Crippen molar-refractivity contribution in [1.29, 1.82) is 0 Å². The summed E-state index contributed by atoms with van der Waals surface area (Å²) in [4.78, 5) is 0. The fraction of sp³-hybridized carbons (Fsp3) is 0.647. The highest BCUT2D eigenvalue weighted by molar-refractivity contribution is 5.17. The van der Waals surface area contributed by atoms with Crippen LogP contribution in [0, 0.1) is 17.0 Å². The summed E-state index contributed by atoms with van der Waals surface area (Å²) < 4.78 is 26.0. The normalized spacial score (nSPS) is 22.5. The van der Waals surface area contributed by atoms with Crippen LogP contribution in [0.15, 0.2) is 18.2 Å². The Hall–Kier alpha value is -0.960. The Morgan fingerprint density at radius 2 is 1.70 bits per heavy atom. The van der Waals surface area contributed by atoms with Crippen LogP contribution in [0.25, 0.3) is 0 Å². The minimum atomic E-state index is -0.769. The van der Waals surface area contributed by atoms with E-state index in [2.05, 4.69) is 5.32 Å². The van der Waals surface area contributed by atoms with E-state index in [0.717, 1.165) is 5.56 Å². The van der Waals surface area contributed by atoms with Gasteiger partial charge < -0.3 is 5.32 Å². The zero-order valence-electron chi connectivity index (χ0n) is 11.9. The molecule has 20 heavy (non-hydrogen) atoms. The van der Waals surface area contributed by atoms with Crippen LogP contribution in [-0.2, 0) is 6.54 Å². The predicted octanol–water partition coefficient (Wildman–Crippen LogP) is 4.56. The SMILES string of the molecule is Fc1ccc(CNC2CCC3(CCCC3)CC2)cc1F. The Bertz CT molecular complexity index is 456. The molecule has 2 fully saturated rings. The minimum absolute atomic E-state index is 0.536. The van der Waals surface area contributed by atoms with Gasteiger partial charge in [-0.1, -0.05) is 18.9 Å². The maximum Gasteiger partial charge on any atom is 0.159 e. The minimum Gasteiger partial charge on any atom is -0.310 e. The molecule has 2 aliphatic rings. The van der Waals surface area contributed by atoms with Crippen molar-refractivity contribution < 1.29 is 8.78 Å². The topological polar surface area (TPSA) is 12.0 Å². The highest BCUT2D eigenvalue weighted by atomic mass is 19.2. The molecule has 0 radical (unpaired) electrons. The zero-order chi connectivity index (χ0) is 14.0. The smallest absolute Gasteiger partial charge is 0.159 e. The molecule has 0 aliphatic heterocycles. The highest BCUT2D eigenvalue weighted by Crippen LogP contribution is 2.48. The van der Waals surface area contributed by atoms with Crippen molar-refractivity contribution in [2.24, 2.45) is 5.41 Å². The van der Waals surface area contributed by atoms with Crippen LogP contribution in [-0.4, -0.2) is 6.04 Å². The van der Waals surface area contributed by atoms with Gasteiger partial charge in [-0.15, -0.1) is 0 Å². The summed E-state index contributed by atoms with van der Waals surface area (Å²) >= 11 is 0. The first-order valence-electron chi connectivity index (χ1n) is 7.84. The van der Waals surface area contributed by atoms with Crippen molar-refractivity contribution >= 4 is 0 Å². The maximum absolute atomic E-state index is 13.1. The molecule has 1 spiro atoms. The molecular weight excluding hydrogens is 256 g/mol. The molecule has 0 unspecified atom stereocenters. The van der Waals surface area contributed by atoms with Crippen LogP contribution in [0.3, 0.4) is 0 Å². The van der Waals surface area contributed by atoms with Crippen molar-refractivity contribution in [1.82, 2.24) is 5.32 Å².